The number of hydrogen-bond acceptors (Lipinski definition) is 3. The van der Waals surface area contributed by atoms with Gasteiger partial charge in [0, 0.05) is 12.5 Å². The summed E-state index contributed by atoms with van der Waals surface area (Å²) in [6.45, 7) is 2.71. The van der Waals surface area contributed by atoms with Crippen LogP contribution in [0.2, 0.25) is 0 Å². The van der Waals surface area contributed by atoms with Crippen LogP contribution in [0.5, 0.6) is 5.75 Å². The second kappa shape index (κ2) is 6.29. The van der Waals surface area contributed by atoms with E-state index in [0.717, 1.165) is 30.9 Å². The zero-order chi connectivity index (χ0) is 11.9. The molecule has 1 heterocycles. The van der Waals surface area contributed by atoms with Gasteiger partial charge in [0.2, 0.25) is 0 Å². The smallest absolute Gasteiger partial charge is 0.134 e. The standard InChI is InChI=1S/C14H17NO2/c15-8-3-5-13-4-1-2-6-14(13)17-11-12-7-9-16-10-12/h1-2,4,6,12H,7-11,15H2. The lowest BCUT2D eigenvalue weighted by molar-refractivity contribution is 0.167. The molecule has 1 saturated heterocycles. The van der Waals surface area contributed by atoms with Gasteiger partial charge in [-0.15, -0.1) is 0 Å². The quantitative estimate of drug-likeness (QED) is 0.800. The maximum absolute atomic E-state index is 5.79. The number of ether oxygens (including phenoxy) is 2. The summed E-state index contributed by atoms with van der Waals surface area (Å²) >= 11 is 0. The second-order valence-electron chi connectivity index (χ2n) is 4.04. The van der Waals surface area contributed by atoms with Crippen molar-refractivity contribution in [3.8, 4) is 17.6 Å². The maximum Gasteiger partial charge on any atom is 0.134 e. The highest BCUT2D eigenvalue weighted by Gasteiger charge is 2.16. The van der Waals surface area contributed by atoms with Gasteiger partial charge in [0.15, 0.2) is 0 Å². The molecule has 0 spiro atoms. The van der Waals surface area contributed by atoms with Crippen molar-refractivity contribution in [2.24, 2.45) is 11.7 Å². The number of rotatable bonds is 3. The minimum Gasteiger partial charge on any atom is -0.492 e. The predicted molar refractivity (Wildman–Crippen MR) is 66.8 cm³/mol. The SMILES string of the molecule is NCC#Cc1ccccc1OCC1CCOC1. The summed E-state index contributed by atoms with van der Waals surface area (Å²) in [6.07, 6.45) is 1.08. The van der Waals surface area contributed by atoms with Crippen LogP contribution in [-0.4, -0.2) is 26.4 Å². The van der Waals surface area contributed by atoms with E-state index in [1.807, 2.05) is 24.3 Å². The van der Waals surface area contributed by atoms with Crippen LogP contribution in [0.3, 0.4) is 0 Å². The first-order valence-electron chi connectivity index (χ1n) is 5.88. The first kappa shape index (κ1) is 12.0. The summed E-state index contributed by atoms with van der Waals surface area (Å²) < 4.78 is 11.1. The Kier molecular flexibility index (Phi) is 4.43. The van der Waals surface area contributed by atoms with Crippen molar-refractivity contribution in [2.75, 3.05) is 26.4 Å². The van der Waals surface area contributed by atoms with Gasteiger partial charge in [0.05, 0.1) is 25.3 Å². The van der Waals surface area contributed by atoms with E-state index < -0.39 is 0 Å². The van der Waals surface area contributed by atoms with E-state index in [4.69, 9.17) is 15.2 Å². The highest BCUT2D eigenvalue weighted by molar-refractivity contribution is 5.45. The van der Waals surface area contributed by atoms with Crippen LogP contribution in [0.25, 0.3) is 0 Å². The molecule has 1 aromatic carbocycles. The molecule has 0 saturated carbocycles. The molecular weight excluding hydrogens is 214 g/mol. The summed E-state index contributed by atoms with van der Waals surface area (Å²) in [5.74, 6) is 7.20. The molecule has 1 unspecified atom stereocenters. The molecule has 3 nitrogen and oxygen atoms in total. The monoisotopic (exact) mass is 231 g/mol. The van der Waals surface area contributed by atoms with Crippen LogP contribution in [0.1, 0.15) is 12.0 Å². The first-order valence-corrected chi connectivity index (χ1v) is 5.88. The van der Waals surface area contributed by atoms with E-state index in [1.165, 1.54) is 0 Å². The minimum atomic E-state index is 0.366. The predicted octanol–water partition coefficient (Wildman–Crippen LogP) is 1.41. The van der Waals surface area contributed by atoms with E-state index in [0.29, 0.717) is 19.1 Å². The van der Waals surface area contributed by atoms with E-state index in [9.17, 15) is 0 Å². The number of para-hydroxylation sites is 1. The molecule has 0 aromatic heterocycles. The van der Waals surface area contributed by atoms with Gasteiger partial charge in [-0.25, -0.2) is 0 Å². The number of nitrogens with two attached hydrogens (primary N) is 1. The Hall–Kier alpha value is -1.50. The summed E-state index contributed by atoms with van der Waals surface area (Å²) in [6, 6.07) is 7.79. The van der Waals surface area contributed by atoms with Gasteiger partial charge < -0.3 is 15.2 Å². The zero-order valence-corrected chi connectivity index (χ0v) is 9.82. The van der Waals surface area contributed by atoms with Crippen molar-refractivity contribution < 1.29 is 9.47 Å². The Morgan fingerprint density at radius 1 is 1.41 bits per heavy atom. The van der Waals surface area contributed by atoms with Crippen LogP contribution < -0.4 is 10.5 Å². The molecule has 2 N–H and O–H groups in total. The molecule has 0 bridgehead atoms. The molecule has 17 heavy (non-hydrogen) atoms. The number of benzene rings is 1. The highest BCUT2D eigenvalue weighted by atomic mass is 16.5. The summed E-state index contributed by atoms with van der Waals surface area (Å²) in [5.41, 5.74) is 6.27. The molecule has 0 amide bonds. The fraction of sp³-hybridized carbons (Fsp3) is 0.429. The van der Waals surface area contributed by atoms with E-state index in [1.54, 1.807) is 0 Å². The van der Waals surface area contributed by atoms with Crippen molar-refractivity contribution >= 4 is 0 Å². The van der Waals surface area contributed by atoms with E-state index >= 15 is 0 Å². The lowest BCUT2D eigenvalue weighted by Crippen LogP contribution is -2.12. The topological polar surface area (TPSA) is 44.5 Å². The van der Waals surface area contributed by atoms with Crippen LogP contribution in [0.15, 0.2) is 24.3 Å². The molecule has 0 aliphatic carbocycles. The molecule has 0 radical (unpaired) electrons. The molecule has 1 aromatic rings. The Labute approximate surface area is 102 Å². The Bertz CT molecular complexity index is 414. The highest BCUT2D eigenvalue weighted by Crippen LogP contribution is 2.19. The zero-order valence-electron chi connectivity index (χ0n) is 9.82. The molecule has 1 fully saturated rings. The fourth-order valence-electron chi connectivity index (χ4n) is 1.76. The normalized spacial score (nSPS) is 18.5. The van der Waals surface area contributed by atoms with Gasteiger partial charge in [-0.1, -0.05) is 24.0 Å². The van der Waals surface area contributed by atoms with Crippen molar-refractivity contribution in [1.82, 2.24) is 0 Å². The lowest BCUT2D eigenvalue weighted by Gasteiger charge is -2.11. The molecular formula is C14H17NO2. The second-order valence-corrected chi connectivity index (χ2v) is 4.04. The van der Waals surface area contributed by atoms with Gasteiger partial charge >= 0.3 is 0 Å². The Morgan fingerprint density at radius 2 is 2.29 bits per heavy atom. The largest absolute Gasteiger partial charge is 0.492 e. The molecule has 2 rings (SSSR count). The van der Waals surface area contributed by atoms with E-state index in [2.05, 4.69) is 11.8 Å². The molecule has 3 heteroatoms. The summed E-state index contributed by atoms with van der Waals surface area (Å²) in [4.78, 5) is 0. The molecule has 1 aliphatic heterocycles. The van der Waals surface area contributed by atoms with Crippen LogP contribution in [0.4, 0.5) is 0 Å². The first-order chi connectivity index (χ1) is 8.40. The van der Waals surface area contributed by atoms with Crippen molar-refractivity contribution in [3.63, 3.8) is 0 Å². The van der Waals surface area contributed by atoms with Crippen molar-refractivity contribution in [3.05, 3.63) is 29.8 Å². The van der Waals surface area contributed by atoms with Crippen molar-refractivity contribution in [1.29, 1.82) is 0 Å². The van der Waals surface area contributed by atoms with Gasteiger partial charge in [-0.05, 0) is 18.6 Å². The Morgan fingerprint density at radius 3 is 3.06 bits per heavy atom. The third-order valence-corrected chi connectivity index (χ3v) is 2.71. The Balaban J connectivity index is 1.98. The van der Waals surface area contributed by atoms with Crippen LogP contribution in [0, 0.1) is 17.8 Å². The van der Waals surface area contributed by atoms with Crippen LogP contribution >= 0.6 is 0 Å². The maximum atomic E-state index is 5.79. The average molecular weight is 231 g/mol. The lowest BCUT2D eigenvalue weighted by atomic mass is 10.1. The summed E-state index contributed by atoms with van der Waals surface area (Å²) in [5, 5.41) is 0. The molecule has 90 valence electrons. The van der Waals surface area contributed by atoms with Gasteiger partial charge in [-0.2, -0.15) is 0 Å². The molecule has 1 atom stereocenters. The van der Waals surface area contributed by atoms with Gasteiger partial charge in [0.25, 0.3) is 0 Å². The minimum absolute atomic E-state index is 0.366. The third kappa shape index (κ3) is 3.48. The van der Waals surface area contributed by atoms with Gasteiger partial charge in [0.1, 0.15) is 5.75 Å². The van der Waals surface area contributed by atoms with Crippen molar-refractivity contribution in [2.45, 2.75) is 6.42 Å². The third-order valence-electron chi connectivity index (χ3n) is 2.71. The number of hydrogen-bond donors (Lipinski definition) is 1. The average Bonchev–Trinajstić information content (AvgIpc) is 2.88. The van der Waals surface area contributed by atoms with Gasteiger partial charge in [-0.3, -0.25) is 0 Å². The molecule has 1 aliphatic rings. The van der Waals surface area contributed by atoms with Crippen LogP contribution in [-0.2, 0) is 4.74 Å². The summed E-state index contributed by atoms with van der Waals surface area (Å²) in [7, 11) is 0. The van der Waals surface area contributed by atoms with E-state index in [-0.39, 0.29) is 0 Å². The fourth-order valence-corrected chi connectivity index (χ4v) is 1.76.